The molecule has 1 atom stereocenters. The van der Waals surface area contributed by atoms with Gasteiger partial charge in [-0.25, -0.2) is 4.98 Å². The highest BCUT2D eigenvalue weighted by Gasteiger charge is 2.17. The summed E-state index contributed by atoms with van der Waals surface area (Å²) in [6.45, 7) is 1.92. The van der Waals surface area contributed by atoms with Crippen LogP contribution in [-0.2, 0) is 0 Å². The molecule has 0 saturated heterocycles. The Hall–Kier alpha value is -1.66. The molecule has 0 saturated carbocycles. The third kappa shape index (κ3) is 2.77. The van der Waals surface area contributed by atoms with E-state index in [0.717, 1.165) is 0 Å². The van der Waals surface area contributed by atoms with Gasteiger partial charge in [-0.15, -0.1) is 11.3 Å². The van der Waals surface area contributed by atoms with Gasteiger partial charge in [-0.2, -0.15) is 0 Å². The number of nitrogens with zero attached hydrogens (tertiary/aromatic N) is 2. The highest BCUT2D eigenvalue weighted by atomic mass is 32.1. The van der Waals surface area contributed by atoms with E-state index in [0.29, 0.717) is 16.5 Å². The van der Waals surface area contributed by atoms with Crippen LogP contribution in [0.3, 0.4) is 0 Å². The summed E-state index contributed by atoms with van der Waals surface area (Å²) < 4.78 is 5.22. The van der Waals surface area contributed by atoms with E-state index in [4.69, 9.17) is 4.42 Å². The van der Waals surface area contributed by atoms with Gasteiger partial charge in [0.2, 0.25) is 0 Å². The topological polar surface area (TPSA) is 66.6 Å². The lowest BCUT2D eigenvalue weighted by Gasteiger charge is -2.17. The Kier molecular flexibility index (Phi) is 3.78. The molecule has 96 valence electrons. The predicted molar refractivity (Wildman–Crippen MR) is 68.5 cm³/mol. The number of amides is 1. The Morgan fingerprint density at radius 2 is 2.44 bits per heavy atom. The Morgan fingerprint density at radius 3 is 3.06 bits per heavy atom. The van der Waals surface area contributed by atoms with E-state index in [9.17, 15) is 9.90 Å². The molecule has 0 aliphatic rings. The summed E-state index contributed by atoms with van der Waals surface area (Å²) in [6, 6.07) is 3.57. The fourth-order valence-corrected chi connectivity index (χ4v) is 2.32. The first kappa shape index (κ1) is 12.8. The summed E-state index contributed by atoms with van der Waals surface area (Å²) in [5.41, 5.74) is 0.370. The minimum absolute atomic E-state index is 0.204. The third-order valence-electron chi connectivity index (χ3n) is 2.34. The summed E-state index contributed by atoms with van der Waals surface area (Å²) in [5.74, 6) is 0.446. The highest BCUT2D eigenvalue weighted by molar-refractivity contribution is 7.13. The van der Waals surface area contributed by atoms with Crippen LogP contribution < -0.4 is 0 Å². The van der Waals surface area contributed by atoms with Crippen molar-refractivity contribution in [3.8, 4) is 10.8 Å². The van der Waals surface area contributed by atoms with E-state index in [1.165, 1.54) is 16.2 Å². The average molecular weight is 266 g/mol. The standard InChI is InChI=1S/C12H14N2O3S/c1-8(15)6-14(2)12(16)9-7-18-11(13-9)10-4-3-5-17-10/h3-5,7-8,15H,6H2,1-2H3. The first-order valence-electron chi connectivity index (χ1n) is 5.51. The zero-order valence-corrected chi connectivity index (χ0v) is 11.0. The normalized spacial score (nSPS) is 12.4. The fourth-order valence-electron chi connectivity index (χ4n) is 1.56. The Balaban J connectivity index is 2.13. The monoisotopic (exact) mass is 266 g/mol. The largest absolute Gasteiger partial charge is 0.462 e. The molecule has 1 amide bonds. The molecular weight excluding hydrogens is 252 g/mol. The lowest BCUT2D eigenvalue weighted by molar-refractivity contribution is 0.0699. The van der Waals surface area contributed by atoms with Gasteiger partial charge in [0.25, 0.3) is 5.91 Å². The van der Waals surface area contributed by atoms with Gasteiger partial charge >= 0.3 is 0 Å². The molecule has 2 rings (SSSR count). The molecule has 0 bridgehead atoms. The van der Waals surface area contributed by atoms with Crippen molar-refractivity contribution >= 4 is 17.2 Å². The summed E-state index contributed by atoms with van der Waals surface area (Å²) in [7, 11) is 1.64. The van der Waals surface area contributed by atoms with Crippen molar-refractivity contribution in [1.29, 1.82) is 0 Å². The van der Waals surface area contributed by atoms with E-state index in [1.54, 1.807) is 37.7 Å². The van der Waals surface area contributed by atoms with Crippen molar-refractivity contribution in [3.05, 3.63) is 29.5 Å². The number of aromatic nitrogens is 1. The van der Waals surface area contributed by atoms with Gasteiger partial charge in [0.15, 0.2) is 10.8 Å². The van der Waals surface area contributed by atoms with Gasteiger partial charge in [0.05, 0.1) is 12.4 Å². The molecule has 1 N–H and O–H groups in total. The number of aliphatic hydroxyl groups is 1. The molecule has 18 heavy (non-hydrogen) atoms. The number of thiazole rings is 1. The second kappa shape index (κ2) is 5.32. The van der Waals surface area contributed by atoms with Crippen LogP contribution in [0, 0.1) is 0 Å². The Bertz CT molecular complexity index is 519. The number of hydrogen-bond acceptors (Lipinski definition) is 5. The molecule has 0 spiro atoms. The number of hydrogen-bond donors (Lipinski definition) is 1. The summed E-state index contributed by atoms with van der Waals surface area (Å²) in [4.78, 5) is 17.7. The molecule has 5 nitrogen and oxygen atoms in total. The SMILES string of the molecule is CC(O)CN(C)C(=O)c1csc(-c2ccco2)n1. The van der Waals surface area contributed by atoms with E-state index in [-0.39, 0.29) is 12.5 Å². The molecule has 2 heterocycles. The van der Waals surface area contributed by atoms with Crippen molar-refractivity contribution in [2.75, 3.05) is 13.6 Å². The Labute approximate surface area is 109 Å². The number of aliphatic hydroxyl groups excluding tert-OH is 1. The van der Waals surface area contributed by atoms with E-state index >= 15 is 0 Å². The van der Waals surface area contributed by atoms with Crippen molar-refractivity contribution < 1.29 is 14.3 Å². The molecule has 0 radical (unpaired) electrons. The van der Waals surface area contributed by atoms with Crippen LogP contribution in [0.15, 0.2) is 28.2 Å². The molecule has 2 aromatic heterocycles. The maximum atomic E-state index is 12.0. The molecule has 0 aliphatic carbocycles. The second-order valence-corrected chi connectivity index (χ2v) is 4.91. The number of likely N-dealkylation sites (N-methyl/N-ethyl adjacent to an activating group) is 1. The van der Waals surface area contributed by atoms with Crippen LogP contribution >= 0.6 is 11.3 Å². The van der Waals surface area contributed by atoms with E-state index in [2.05, 4.69) is 4.98 Å². The quantitative estimate of drug-likeness (QED) is 0.917. The molecule has 6 heteroatoms. The summed E-state index contributed by atoms with van der Waals surface area (Å²) >= 11 is 1.36. The maximum absolute atomic E-state index is 12.0. The number of carbonyl (C=O) groups is 1. The second-order valence-electron chi connectivity index (χ2n) is 4.05. The number of furan rings is 1. The fraction of sp³-hybridized carbons (Fsp3) is 0.333. The smallest absolute Gasteiger partial charge is 0.273 e. The number of carbonyl (C=O) groups excluding carboxylic acids is 1. The van der Waals surface area contributed by atoms with Crippen molar-refractivity contribution in [3.63, 3.8) is 0 Å². The first-order chi connectivity index (χ1) is 8.58. The lowest BCUT2D eigenvalue weighted by atomic mass is 10.3. The lowest BCUT2D eigenvalue weighted by Crippen LogP contribution is -2.33. The van der Waals surface area contributed by atoms with Crippen LogP contribution in [0.25, 0.3) is 10.8 Å². The first-order valence-corrected chi connectivity index (χ1v) is 6.39. The van der Waals surface area contributed by atoms with Crippen LogP contribution in [0.2, 0.25) is 0 Å². The molecule has 0 fully saturated rings. The summed E-state index contributed by atoms with van der Waals surface area (Å²) in [5, 5.41) is 11.6. The van der Waals surface area contributed by atoms with Crippen LogP contribution in [0.5, 0.6) is 0 Å². The van der Waals surface area contributed by atoms with E-state index < -0.39 is 6.10 Å². The minimum Gasteiger partial charge on any atom is -0.462 e. The van der Waals surface area contributed by atoms with Gasteiger partial charge in [0.1, 0.15) is 5.69 Å². The zero-order chi connectivity index (χ0) is 13.1. The van der Waals surface area contributed by atoms with Crippen LogP contribution in [0.1, 0.15) is 17.4 Å². The Morgan fingerprint density at radius 1 is 1.67 bits per heavy atom. The van der Waals surface area contributed by atoms with E-state index in [1.807, 2.05) is 0 Å². The summed E-state index contributed by atoms with van der Waals surface area (Å²) in [6.07, 6.45) is 1.01. The highest BCUT2D eigenvalue weighted by Crippen LogP contribution is 2.24. The molecule has 0 aliphatic heterocycles. The van der Waals surface area contributed by atoms with Crippen LogP contribution in [-0.4, -0.2) is 40.6 Å². The average Bonchev–Trinajstić information content (AvgIpc) is 2.97. The predicted octanol–water partition coefficient (Wildman–Crippen LogP) is 1.86. The molecule has 1 unspecified atom stereocenters. The van der Waals surface area contributed by atoms with Crippen molar-refractivity contribution in [1.82, 2.24) is 9.88 Å². The minimum atomic E-state index is -0.554. The maximum Gasteiger partial charge on any atom is 0.273 e. The van der Waals surface area contributed by atoms with Gasteiger partial charge in [-0.1, -0.05) is 0 Å². The van der Waals surface area contributed by atoms with Gasteiger partial charge < -0.3 is 14.4 Å². The van der Waals surface area contributed by atoms with Crippen molar-refractivity contribution in [2.45, 2.75) is 13.0 Å². The molecule has 0 aromatic carbocycles. The van der Waals surface area contributed by atoms with Crippen molar-refractivity contribution in [2.24, 2.45) is 0 Å². The van der Waals surface area contributed by atoms with Gasteiger partial charge in [0, 0.05) is 19.0 Å². The molecular formula is C12H14N2O3S. The third-order valence-corrected chi connectivity index (χ3v) is 3.20. The molecule has 2 aromatic rings. The van der Waals surface area contributed by atoms with Gasteiger partial charge in [-0.3, -0.25) is 4.79 Å². The zero-order valence-electron chi connectivity index (χ0n) is 10.2. The van der Waals surface area contributed by atoms with Crippen LogP contribution in [0.4, 0.5) is 0 Å². The van der Waals surface area contributed by atoms with Gasteiger partial charge in [-0.05, 0) is 19.1 Å². The number of rotatable bonds is 4.